The van der Waals surface area contributed by atoms with Crippen molar-refractivity contribution in [3.05, 3.63) is 28.0 Å². The molecule has 0 aliphatic heterocycles. The van der Waals surface area contributed by atoms with Crippen LogP contribution in [0.1, 0.15) is 29.5 Å². The fraction of sp³-hybridized carbons (Fsp3) is 0.462. The van der Waals surface area contributed by atoms with Crippen LogP contribution in [0.25, 0.3) is 6.08 Å². The SMILES string of the molecule is CCN(Cc1ccc(C=CC(=O)O)s1)C1CC1. The lowest BCUT2D eigenvalue weighted by molar-refractivity contribution is -0.131. The van der Waals surface area contributed by atoms with Gasteiger partial charge in [-0.1, -0.05) is 6.92 Å². The molecule has 0 unspecified atom stereocenters. The Bertz CT molecular complexity index is 421. The van der Waals surface area contributed by atoms with Crippen LogP contribution in [0.15, 0.2) is 18.2 Å². The summed E-state index contributed by atoms with van der Waals surface area (Å²) in [5.41, 5.74) is 0. The summed E-state index contributed by atoms with van der Waals surface area (Å²) in [5.74, 6) is -0.895. The van der Waals surface area contributed by atoms with Gasteiger partial charge in [-0.3, -0.25) is 4.90 Å². The highest BCUT2D eigenvalue weighted by Gasteiger charge is 2.27. The van der Waals surface area contributed by atoms with Gasteiger partial charge >= 0.3 is 5.97 Å². The van der Waals surface area contributed by atoms with Crippen molar-refractivity contribution >= 4 is 23.4 Å². The third-order valence-corrected chi connectivity index (χ3v) is 3.94. The van der Waals surface area contributed by atoms with Crippen LogP contribution in [0.3, 0.4) is 0 Å². The maximum Gasteiger partial charge on any atom is 0.328 e. The van der Waals surface area contributed by atoms with Crippen molar-refractivity contribution in [2.45, 2.75) is 32.4 Å². The smallest absolute Gasteiger partial charge is 0.328 e. The number of carboxylic acids is 1. The first-order valence-electron chi connectivity index (χ1n) is 5.93. The van der Waals surface area contributed by atoms with Gasteiger partial charge in [-0.15, -0.1) is 11.3 Å². The van der Waals surface area contributed by atoms with Crippen molar-refractivity contribution in [2.75, 3.05) is 6.54 Å². The van der Waals surface area contributed by atoms with Crippen LogP contribution in [0.2, 0.25) is 0 Å². The van der Waals surface area contributed by atoms with Gasteiger partial charge in [0.25, 0.3) is 0 Å². The number of hydrogen-bond donors (Lipinski definition) is 1. The third-order valence-electron chi connectivity index (χ3n) is 2.90. The molecule has 0 amide bonds. The van der Waals surface area contributed by atoms with Crippen LogP contribution < -0.4 is 0 Å². The fourth-order valence-electron chi connectivity index (χ4n) is 1.86. The average molecular weight is 251 g/mol. The maximum absolute atomic E-state index is 10.4. The van der Waals surface area contributed by atoms with Crippen molar-refractivity contribution in [3.63, 3.8) is 0 Å². The minimum atomic E-state index is -0.895. The zero-order valence-corrected chi connectivity index (χ0v) is 10.7. The highest BCUT2D eigenvalue weighted by atomic mass is 32.1. The quantitative estimate of drug-likeness (QED) is 0.790. The molecule has 0 atom stereocenters. The molecule has 1 aliphatic carbocycles. The lowest BCUT2D eigenvalue weighted by Crippen LogP contribution is -2.24. The Labute approximate surface area is 105 Å². The molecule has 1 aromatic heterocycles. The van der Waals surface area contributed by atoms with Crippen LogP contribution in [0, 0.1) is 0 Å². The summed E-state index contributed by atoms with van der Waals surface area (Å²) in [5, 5.41) is 8.56. The van der Waals surface area contributed by atoms with Gasteiger partial charge in [-0.05, 0) is 37.6 Å². The third kappa shape index (κ3) is 3.68. The number of aliphatic carboxylic acids is 1. The van der Waals surface area contributed by atoms with Crippen LogP contribution in [-0.2, 0) is 11.3 Å². The van der Waals surface area contributed by atoms with Crippen molar-refractivity contribution < 1.29 is 9.90 Å². The Balaban J connectivity index is 1.95. The van der Waals surface area contributed by atoms with Crippen molar-refractivity contribution in [1.29, 1.82) is 0 Å². The van der Waals surface area contributed by atoms with Gasteiger partial charge < -0.3 is 5.11 Å². The lowest BCUT2D eigenvalue weighted by atomic mass is 10.3. The second kappa shape index (κ2) is 5.47. The van der Waals surface area contributed by atoms with Gasteiger partial charge in [0, 0.05) is 28.4 Å². The van der Waals surface area contributed by atoms with E-state index in [0.717, 1.165) is 24.0 Å². The zero-order valence-electron chi connectivity index (χ0n) is 9.93. The van der Waals surface area contributed by atoms with E-state index in [4.69, 9.17) is 5.11 Å². The molecular formula is C13H17NO2S. The van der Waals surface area contributed by atoms with E-state index in [1.807, 2.05) is 6.07 Å². The predicted molar refractivity (Wildman–Crippen MR) is 70.1 cm³/mol. The molecule has 0 saturated heterocycles. The summed E-state index contributed by atoms with van der Waals surface area (Å²) in [6.45, 7) is 4.27. The monoisotopic (exact) mass is 251 g/mol. The van der Waals surface area contributed by atoms with E-state index in [-0.39, 0.29) is 0 Å². The van der Waals surface area contributed by atoms with E-state index in [0.29, 0.717) is 0 Å². The van der Waals surface area contributed by atoms with E-state index < -0.39 is 5.97 Å². The molecule has 0 radical (unpaired) electrons. The Morgan fingerprint density at radius 2 is 2.35 bits per heavy atom. The van der Waals surface area contributed by atoms with E-state index in [1.54, 1.807) is 17.4 Å². The van der Waals surface area contributed by atoms with Crippen LogP contribution in [0.4, 0.5) is 0 Å². The van der Waals surface area contributed by atoms with Crippen molar-refractivity contribution in [1.82, 2.24) is 4.90 Å². The summed E-state index contributed by atoms with van der Waals surface area (Å²) in [7, 11) is 0. The first-order valence-corrected chi connectivity index (χ1v) is 6.74. The standard InChI is InChI=1S/C13H17NO2S/c1-2-14(10-3-4-10)9-12-6-5-11(17-12)7-8-13(15)16/h5-8,10H,2-4,9H2,1H3,(H,15,16). The van der Waals surface area contributed by atoms with Gasteiger partial charge in [0.2, 0.25) is 0 Å². The lowest BCUT2D eigenvalue weighted by Gasteiger charge is -2.18. The summed E-state index contributed by atoms with van der Waals surface area (Å²) in [6.07, 6.45) is 5.49. The van der Waals surface area contributed by atoms with Gasteiger partial charge in [0.1, 0.15) is 0 Å². The molecule has 1 fully saturated rings. The predicted octanol–water partition coefficient (Wildman–Crippen LogP) is 2.83. The summed E-state index contributed by atoms with van der Waals surface area (Å²) in [4.78, 5) is 15.2. The Morgan fingerprint density at radius 3 is 2.94 bits per heavy atom. The maximum atomic E-state index is 10.4. The van der Waals surface area contributed by atoms with Crippen LogP contribution >= 0.6 is 11.3 Å². The molecule has 1 aliphatic rings. The molecule has 1 saturated carbocycles. The Kier molecular flexibility index (Phi) is 3.97. The molecule has 1 aromatic rings. The number of carbonyl (C=O) groups is 1. The van der Waals surface area contributed by atoms with E-state index in [2.05, 4.69) is 17.9 Å². The van der Waals surface area contributed by atoms with Crippen molar-refractivity contribution in [2.24, 2.45) is 0 Å². The molecule has 0 aromatic carbocycles. The second-order valence-corrected chi connectivity index (χ2v) is 5.47. The van der Waals surface area contributed by atoms with Gasteiger partial charge in [0.05, 0.1) is 0 Å². The van der Waals surface area contributed by atoms with E-state index in [9.17, 15) is 4.79 Å². The number of thiophene rings is 1. The number of rotatable bonds is 6. The first-order chi connectivity index (χ1) is 8.19. The van der Waals surface area contributed by atoms with Crippen LogP contribution in [-0.4, -0.2) is 28.6 Å². The van der Waals surface area contributed by atoms with E-state index in [1.165, 1.54) is 23.8 Å². The molecule has 0 bridgehead atoms. The normalized spacial score (nSPS) is 15.9. The topological polar surface area (TPSA) is 40.5 Å². The van der Waals surface area contributed by atoms with Gasteiger partial charge in [0.15, 0.2) is 0 Å². The summed E-state index contributed by atoms with van der Waals surface area (Å²) >= 11 is 1.67. The van der Waals surface area contributed by atoms with Gasteiger partial charge in [-0.25, -0.2) is 4.79 Å². The number of hydrogen-bond acceptors (Lipinski definition) is 3. The Hall–Kier alpha value is -1.13. The largest absolute Gasteiger partial charge is 0.478 e. The molecule has 4 heteroatoms. The molecule has 92 valence electrons. The molecular weight excluding hydrogens is 234 g/mol. The molecule has 0 spiro atoms. The molecule has 2 rings (SSSR count). The van der Waals surface area contributed by atoms with Crippen molar-refractivity contribution in [3.8, 4) is 0 Å². The zero-order chi connectivity index (χ0) is 12.3. The minimum Gasteiger partial charge on any atom is -0.478 e. The highest BCUT2D eigenvalue weighted by Crippen LogP contribution is 2.29. The highest BCUT2D eigenvalue weighted by molar-refractivity contribution is 7.12. The summed E-state index contributed by atoms with van der Waals surface area (Å²) < 4.78 is 0. The summed E-state index contributed by atoms with van der Waals surface area (Å²) in [6, 6.07) is 4.86. The first kappa shape index (κ1) is 12.3. The van der Waals surface area contributed by atoms with E-state index >= 15 is 0 Å². The molecule has 17 heavy (non-hydrogen) atoms. The molecule has 1 N–H and O–H groups in total. The Morgan fingerprint density at radius 1 is 1.59 bits per heavy atom. The molecule has 3 nitrogen and oxygen atoms in total. The fourth-order valence-corrected chi connectivity index (χ4v) is 2.80. The second-order valence-electron chi connectivity index (χ2n) is 4.27. The minimum absolute atomic E-state index is 0.778. The van der Waals surface area contributed by atoms with Crippen LogP contribution in [0.5, 0.6) is 0 Å². The van der Waals surface area contributed by atoms with Gasteiger partial charge in [-0.2, -0.15) is 0 Å². The molecule has 1 heterocycles. The average Bonchev–Trinajstić information content (AvgIpc) is 3.04. The number of carboxylic acid groups (broad SMARTS) is 1. The number of nitrogens with zero attached hydrogens (tertiary/aromatic N) is 1.